The third-order valence-corrected chi connectivity index (χ3v) is 2.74. The molecular formula is C6H5Cl2NO2S. The predicted octanol–water partition coefficient (Wildman–Crippen LogP) is 2.15. The molecule has 0 saturated heterocycles. The minimum absolute atomic E-state index is 0.0288. The topological polar surface area (TPSA) is 49.9 Å². The van der Waals surface area contributed by atoms with E-state index in [2.05, 4.69) is 4.98 Å². The lowest BCUT2D eigenvalue weighted by atomic mass is 10.4. The highest BCUT2D eigenvalue weighted by atomic mass is 35.7. The first-order valence-corrected chi connectivity index (χ1v) is 5.69. The fourth-order valence-corrected chi connectivity index (χ4v) is 1.92. The molecule has 66 valence electrons. The maximum Gasteiger partial charge on any atom is 0.263 e. The second kappa shape index (κ2) is 3.51. The summed E-state index contributed by atoms with van der Waals surface area (Å²) in [4.78, 5) is 2.71. The van der Waals surface area contributed by atoms with Gasteiger partial charge in [0, 0.05) is 22.4 Å². The summed E-state index contributed by atoms with van der Waals surface area (Å²) < 4.78 is 21.7. The zero-order chi connectivity index (χ0) is 9.19. The highest BCUT2D eigenvalue weighted by molar-refractivity contribution is 8.13. The standard InChI is InChI=1S/C6H5Cl2NO2S/c7-3-1-5-6(2-4-9-5)12(8,10)11/h1-4,9H. The monoisotopic (exact) mass is 225 g/mol. The third kappa shape index (κ3) is 2.03. The van der Waals surface area contributed by atoms with Crippen LogP contribution < -0.4 is 0 Å². The van der Waals surface area contributed by atoms with Gasteiger partial charge in [-0.1, -0.05) is 11.6 Å². The molecule has 0 aliphatic heterocycles. The quantitative estimate of drug-likeness (QED) is 0.785. The van der Waals surface area contributed by atoms with Crippen molar-refractivity contribution in [3.8, 4) is 0 Å². The normalized spacial score (nSPS) is 12.5. The summed E-state index contributed by atoms with van der Waals surface area (Å²) in [6, 6.07) is 1.37. The van der Waals surface area contributed by atoms with Crippen molar-refractivity contribution in [1.82, 2.24) is 4.98 Å². The van der Waals surface area contributed by atoms with E-state index < -0.39 is 9.05 Å². The van der Waals surface area contributed by atoms with Gasteiger partial charge in [-0.05, 0) is 12.1 Å². The van der Waals surface area contributed by atoms with Crippen LogP contribution in [0.25, 0.3) is 6.08 Å². The lowest BCUT2D eigenvalue weighted by Crippen LogP contribution is -1.90. The smallest absolute Gasteiger partial charge is 0.263 e. The van der Waals surface area contributed by atoms with Gasteiger partial charge in [-0.2, -0.15) is 0 Å². The van der Waals surface area contributed by atoms with Crippen molar-refractivity contribution in [2.45, 2.75) is 4.90 Å². The average molecular weight is 226 g/mol. The van der Waals surface area contributed by atoms with Crippen molar-refractivity contribution < 1.29 is 8.42 Å². The van der Waals surface area contributed by atoms with Gasteiger partial charge in [0.15, 0.2) is 0 Å². The molecule has 0 unspecified atom stereocenters. The van der Waals surface area contributed by atoms with Crippen molar-refractivity contribution in [3.05, 3.63) is 23.5 Å². The van der Waals surface area contributed by atoms with Gasteiger partial charge in [-0.25, -0.2) is 8.42 Å². The Hall–Kier alpha value is -0.450. The summed E-state index contributed by atoms with van der Waals surface area (Å²) in [5.74, 6) is 0. The first-order valence-electron chi connectivity index (χ1n) is 2.94. The molecule has 0 aliphatic carbocycles. The van der Waals surface area contributed by atoms with E-state index in [0.717, 1.165) is 0 Å². The predicted molar refractivity (Wildman–Crippen MR) is 48.7 cm³/mol. The molecule has 6 heteroatoms. The molecule has 0 radical (unpaired) electrons. The first kappa shape index (κ1) is 9.64. The van der Waals surface area contributed by atoms with Gasteiger partial charge < -0.3 is 4.98 Å². The molecule has 0 amide bonds. The van der Waals surface area contributed by atoms with E-state index in [1.165, 1.54) is 23.9 Å². The third-order valence-electron chi connectivity index (χ3n) is 1.23. The van der Waals surface area contributed by atoms with Gasteiger partial charge in [0.05, 0.1) is 5.69 Å². The number of H-pyrrole nitrogens is 1. The van der Waals surface area contributed by atoms with Crippen molar-refractivity contribution in [1.29, 1.82) is 0 Å². The number of nitrogens with one attached hydrogen (secondary N) is 1. The van der Waals surface area contributed by atoms with Gasteiger partial charge in [-0.15, -0.1) is 0 Å². The number of rotatable bonds is 2. The molecule has 0 aromatic carbocycles. The number of aromatic nitrogens is 1. The molecule has 1 rings (SSSR count). The van der Waals surface area contributed by atoms with Crippen LogP contribution in [-0.2, 0) is 9.05 Å². The Balaban J connectivity index is 3.26. The van der Waals surface area contributed by atoms with Crippen LogP contribution in [0.15, 0.2) is 22.7 Å². The summed E-state index contributed by atoms with van der Waals surface area (Å²) in [5.41, 5.74) is 1.58. The zero-order valence-electron chi connectivity index (χ0n) is 5.79. The molecule has 0 saturated carbocycles. The lowest BCUT2D eigenvalue weighted by molar-refractivity contribution is 0.609. The largest absolute Gasteiger partial charge is 0.361 e. The van der Waals surface area contributed by atoms with Gasteiger partial charge in [0.2, 0.25) is 0 Å². The fraction of sp³-hybridized carbons (Fsp3) is 0. The summed E-state index contributed by atoms with van der Waals surface area (Å²) in [7, 11) is 1.43. The summed E-state index contributed by atoms with van der Waals surface area (Å²) in [6.45, 7) is 0. The molecule has 3 nitrogen and oxygen atoms in total. The number of hydrogen-bond donors (Lipinski definition) is 1. The molecule has 1 aromatic rings. The minimum Gasteiger partial charge on any atom is -0.361 e. The Kier molecular flexibility index (Phi) is 2.82. The summed E-state index contributed by atoms with van der Waals surface area (Å²) >= 11 is 5.28. The van der Waals surface area contributed by atoms with Crippen LogP contribution in [0.5, 0.6) is 0 Å². The molecule has 1 heterocycles. The number of aromatic amines is 1. The molecule has 12 heavy (non-hydrogen) atoms. The summed E-state index contributed by atoms with van der Waals surface area (Å²) in [6.07, 6.45) is 2.89. The zero-order valence-corrected chi connectivity index (χ0v) is 8.12. The van der Waals surface area contributed by atoms with Crippen LogP contribution in [0, 0.1) is 0 Å². The molecule has 0 spiro atoms. The second-order valence-electron chi connectivity index (χ2n) is 1.99. The molecule has 0 atom stereocenters. The van der Waals surface area contributed by atoms with Crippen LogP contribution in [-0.4, -0.2) is 13.4 Å². The van der Waals surface area contributed by atoms with Gasteiger partial charge >= 0.3 is 0 Å². The van der Waals surface area contributed by atoms with E-state index in [1.54, 1.807) is 0 Å². The Labute approximate surface area is 79.4 Å². The highest BCUT2D eigenvalue weighted by Gasteiger charge is 2.14. The molecule has 0 aliphatic rings. The van der Waals surface area contributed by atoms with Crippen molar-refractivity contribution in [3.63, 3.8) is 0 Å². The van der Waals surface area contributed by atoms with E-state index in [0.29, 0.717) is 5.69 Å². The van der Waals surface area contributed by atoms with E-state index in [4.69, 9.17) is 22.3 Å². The first-order chi connectivity index (χ1) is 5.55. The molecule has 0 fully saturated rings. The highest BCUT2D eigenvalue weighted by Crippen LogP contribution is 2.19. The minimum atomic E-state index is -3.68. The van der Waals surface area contributed by atoms with Gasteiger partial charge in [-0.3, -0.25) is 0 Å². The van der Waals surface area contributed by atoms with E-state index in [1.807, 2.05) is 0 Å². The van der Waals surface area contributed by atoms with Crippen LogP contribution in [0.2, 0.25) is 0 Å². The van der Waals surface area contributed by atoms with Crippen molar-refractivity contribution in [2.24, 2.45) is 0 Å². The van der Waals surface area contributed by atoms with Crippen LogP contribution in [0.4, 0.5) is 0 Å². The summed E-state index contributed by atoms with van der Waals surface area (Å²) in [5, 5.41) is 0. The van der Waals surface area contributed by atoms with Crippen LogP contribution in [0.3, 0.4) is 0 Å². The maximum atomic E-state index is 10.9. The molecular weight excluding hydrogens is 221 g/mol. The average Bonchev–Trinajstić information content (AvgIpc) is 2.34. The van der Waals surface area contributed by atoms with Crippen LogP contribution >= 0.6 is 22.3 Å². The molecule has 1 aromatic heterocycles. The Morgan fingerprint density at radius 1 is 1.50 bits per heavy atom. The maximum absolute atomic E-state index is 10.9. The Morgan fingerprint density at radius 3 is 2.67 bits per heavy atom. The molecule has 1 N–H and O–H groups in total. The van der Waals surface area contributed by atoms with E-state index in [9.17, 15) is 8.42 Å². The van der Waals surface area contributed by atoms with Crippen molar-refractivity contribution in [2.75, 3.05) is 0 Å². The van der Waals surface area contributed by atoms with E-state index >= 15 is 0 Å². The lowest BCUT2D eigenvalue weighted by Gasteiger charge is -1.92. The van der Waals surface area contributed by atoms with Gasteiger partial charge in [0.1, 0.15) is 4.90 Å². The SMILES string of the molecule is O=S(=O)(Cl)c1cc[nH]c1C=CCl. The number of hydrogen-bond acceptors (Lipinski definition) is 2. The van der Waals surface area contributed by atoms with E-state index in [-0.39, 0.29) is 4.90 Å². The Bertz CT molecular complexity index is 393. The van der Waals surface area contributed by atoms with Gasteiger partial charge in [0.25, 0.3) is 9.05 Å². The van der Waals surface area contributed by atoms with Crippen LogP contribution in [0.1, 0.15) is 5.69 Å². The van der Waals surface area contributed by atoms with Crippen molar-refractivity contribution >= 4 is 37.4 Å². The fourth-order valence-electron chi connectivity index (χ4n) is 0.774. The molecule has 0 bridgehead atoms. The second-order valence-corrected chi connectivity index (χ2v) is 4.77. The Morgan fingerprint density at radius 2 is 2.17 bits per heavy atom. The number of halogens is 2.